The number of allylic oxidation sites excluding steroid dienone is 1. The van der Waals surface area contributed by atoms with Crippen molar-refractivity contribution in [1.29, 1.82) is 0 Å². The molecule has 0 aliphatic heterocycles. The molecule has 0 saturated heterocycles. The number of thioether (sulfide) groups is 1. The lowest BCUT2D eigenvalue weighted by Gasteiger charge is -2.12. The number of nitrogens with zero attached hydrogens (tertiary/aromatic N) is 3. The molecule has 3 aromatic rings. The Bertz CT molecular complexity index is 1180. The van der Waals surface area contributed by atoms with Crippen LogP contribution in [0.5, 0.6) is 0 Å². The van der Waals surface area contributed by atoms with Gasteiger partial charge < -0.3 is 5.32 Å². The van der Waals surface area contributed by atoms with Crippen molar-refractivity contribution >= 4 is 69.2 Å². The highest BCUT2D eigenvalue weighted by atomic mass is 35.5. The zero-order valence-corrected chi connectivity index (χ0v) is 18.3. The smallest absolute Gasteiger partial charge is 0.262 e. The van der Waals surface area contributed by atoms with Crippen molar-refractivity contribution < 1.29 is 4.79 Å². The van der Waals surface area contributed by atoms with Gasteiger partial charge >= 0.3 is 0 Å². The first kappa shape index (κ1) is 21.6. The number of amides is 1. The largest absolute Gasteiger partial charge is 0.309 e. The maximum Gasteiger partial charge on any atom is 0.262 e. The minimum absolute atomic E-state index is 0.00462. The van der Waals surface area contributed by atoms with Crippen LogP contribution in [0, 0.1) is 6.92 Å². The molecule has 0 bridgehead atoms. The van der Waals surface area contributed by atoms with E-state index in [1.807, 2.05) is 0 Å². The Morgan fingerprint density at radius 3 is 2.83 bits per heavy atom. The van der Waals surface area contributed by atoms with Crippen LogP contribution < -0.4 is 10.9 Å². The standard InChI is InChI=1S/C19H15Cl3N4O2S/c1-3-6-26-18(28)12-5-4-11(20)7-14(12)24-19(26)29-9-15(27)25-17-16(22)10(2)13(21)8-23-17/h3-5,7-8H,1,6,9H2,2H3,(H,23,25,27). The van der Waals surface area contributed by atoms with E-state index in [1.165, 1.54) is 10.8 Å². The molecule has 6 nitrogen and oxygen atoms in total. The van der Waals surface area contributed by atoms with E-state index in [1.54, 1.807) is 31.2 Å². The lowest BCUT2D eigenvalue weighted by molar-refractivity contribution is -0.113. The summed E-state index contributed by atoms with van der Waals surface area (Å²) in [5.41, 5.74) is 0.857. The number of aromatic nitrogens is 3. The first-order chi connectivity index (χ1) is 13.8. The molecule has 29 heavy (non-hydrogen) atoms. The van der Waals surface area contributed by atoms with Gasteiger partial charge in [0.25, 0.3) is 5.56 Å². The number of fused-ring (bicyclic) bond motifs is 1. The van der Waals surface area contributed by atoms with Gasteiger partial charge in [-0.3, -0.25) is 14.2 Å². The summed E-state index contributed by atoms with van der Waals surface area (Å²) in [6.07, 6.45) is 3.01. The maximum absolute atomic E-state index is 12.8. The van der Waals surface area contributed by atoms with E-state index >= 15 is 0 Å². The molecule has 10 heteroatoms. The molecular formula is C19H15Cl3N4O2S. The molecule has 3 rings (SSSR count). The van der Waals surface area contributed by atoms with E-state index in [-0.39, 0.29) is 34.6 Å². The van der Waals surface area contributed by atoms with E-state index in [0.29, 0.717) is 31.7 Å². The van der Waals surface area contributed by atoms with Crippen LogP contribution in [0.15, 0.2) is 47.0 Å². The number of rotatable bonds is 6. The molecule has 0 aliphatic carbocycles. The zero-order valence-electron chi connectivity index (χ0n) is 15.2. The number of carbonyl (C=O) groups excluding carboxylic acids is 1. The molecule has 2 heterocycles. The minimum Gasteiger partial charge on any atom is -0.309 e. The molecule has 0 saturated carbocycles. The van der Waals surface area contributed by atoms with Gasteiger partial charge in [-0.25, -0.2) is 9.97 Å². The van der Waals surface area contributed by atoms with Crippen LogP contribution in [-0.4, -0.2) is 26.2 Å². The molecule has 0 unspecified atom stereocenters. The van der Waals surface area contributed by atoms with E-state index in [9.17, 15) is 9.59 Å². The number of hydrogen-bond acceptors (Lipinski definition) is 5. The van der Waals surface area contributed by atoms with Gasteiger partial charge in [0.05, 0.1) is 26.7 Å². The second-order valence-corrected chi connectivity index (χ2v) is 8.15. The van der Waals surface area contributed by atoms with Gasteiger partial charge in [-0.1, -0.05) is 52.6 Å². The predicted octanol–water partition coefficient (Wildman–Crippen LogP) is 4.98. The fraction of sp³-hybridized carbons (Fsp3) is 0.158. The van der Waals surface area contributed by atoms with Crippen molar-refractivity contribution in [3.63, 3.8) is 0 Å². The molecule has 0 atom stereocenters. The average molecular weight is 470 g/mol. The van der Waals surface area contributed by atoms with Gasteiger partial charge in [-0.2, -0.15) is 0 Å². The molecular weight excluding hydrogens is 455 g/mol. The molecule has 0 spiro atoms. The van der Waals surface area contributed by atoms with Crippen LogP contribution >= 0.6 is 46.6 Å². The molecule has 0 aliphatic rings. The number of anilines is 1. The van der Waals surface area contributed by atoms with Crippen molar-refractivity contribution in [1.82, 2.24) is 14.5 Å². The summed E-state index contributed by atoms with van der Waals surface area (Å²) in [6, 6.07) is 4.88. The quantitative estimate of drug-likeness (QED) is 0.313. The summed E-state index contributed by atoms with van der Waals surface area (Å²) in [6.45, 7) is 5.67. The topological polar surface area (TPSA) is 76.9 Å². The van der Waals surface area contributed by atoms with Gasteiger partial charge in [0.2, 0.25) is 5.91 Å². The van der Waals surface area contributed by atoms with E-state index in [0.717, 1.165) is 11.8 Å². The van der Waals surface area contributed by atoms with Gasteiger partial charge in [-0.15, -0.1) is 6.58 Å². The monoisotopic (exact) mass is 468 g/mol. The second kappa shape index (κ2) is 9.17. The van der Waals surface area contributed by atoms with Crippen LogP contribution in [0.3, 0.4) is 0 Å². The highest BCUT2D eigenvalue weighted by Gasteiger charge is 2.15. The van der Waals surface area contributed by atoms with Crippen molar-refractivity contribution in [3.8, 4) is 0 Å². The van der Waals surface area contributed by atoms with Crippen LogP contribution in [0.25, 0.3) is 10.9 Å². The Kier molecular flexibility index (Phi) is 6.85. The lowest BCUT2D eigenvalue weighted by Crippen LogP contribution is -2.24. The maximum atomic E-state index is 12.8. The van der Waals surface area contributed by atoms with Gasteiger partial charge in [-0.05, 0) is 30.7 Å². The fourth-order valence-electron chi connectivity index (χ4n) is 2.52. The second-order valence-electron chi connectivity index (χ2n) is 5.99. The number of carbonyl (C=O) groups is 1. The average Bonchev–Trinajstić information content (AvgIpc) is 2.69. The molecule has 0 fully saturated rings. The fourth-order valence-corrected chi connectivity index (χ4v) is 3.88. The Morgan fingerprint density at radius 1 is 1.34 bits per heavy atom. The lowest BCUT2D eigenvalue weighted by atomic mass is 10.2. The van der Waals surface area contributed by atoms with Gasteiger partial charge in [0.15, 0.2) is 11.0 Å². The third kappa shape index (κ3) is 4.75. The highest BCUT2D eigenvalue weighted by Crippen LogP contribution is 2.29. The number of halogens is 3. The van der Waals surface area contributed by atoms with Crippen molar-refractivity contribution in [2.24, 2.45) is 0 Å². The molecule has 1 N–H and O–H groups in total. The predicted molar refractivity (Wildman–Crippen MR) is 120 cm³/mol. The third-order valence-electron chi connectivity index (χ3n) is 3.99. The highest BCUT2D eigenvalue weighted by molar-refractivity contribution is 7.99. The molecule has 150 valence electrons. The molecule has 1 amide bonds. The van der Waals surface area contributed by atoms with Crippen LogP contribution in [0.4, 0.5) is 5.82 Å². The minimum atomic E-state index is -0.350. The summed E-state index contributed by atoms with van der Waals surface area (Å²) >= 11 is 19.3. The number of pyridine rings is 1. The summed E-state index contributed by atoms with van der Waals surface area (Å²) in [7, 11) is 0. The summed E-state index contributed by atoms with van der Waals surface area (Å²) in [5, 5.41) is 4.62. The summed E-state index contributed by atoms with van der Waals surface area (Å²) in [4.78, 5) is 33.7. The Labute approximate surface area is 185 Å². The van der Waals surface area contributed by atoms with Crippen LogP contribution in [-0.2, 0) is 11.3 Å². The number of nitrogens with one attached hydrogen (secondary N) is 1. The van der Waals surface area contributed by atoms with Crippen LogP contribution in [0.2, 0.25) is 15.1 Å². The van der Waals surface area contributed by atoms with E-state index in [4.69, 9.17) is 34.8 Å². The molecule has 2 aromatic heterocycles. The third-order valence-corrected chi connectivity index (χ3v) is 6.04. The Morgan fingerprint density at radius 2 is 2.10 bits per heavy atom. The van der Waals surface area contributed by atoms with Crippen molar-refractivity contribution in [3.05, 3.63) is 68.0 Å². The Balaban J connectivity index is 1.85. The van der Waals surface area contributed by atoms with Crippen molar-refractivity contribution in [2.45, 2.75) is 18.6 Å². The summed E-state index contributed by atoms with van der Waals surface area (Å²) < 4.78 is 1.46. The van der Waals surface area contributed by atoms with Gasteiger partial charge in [0, 0.05) is 17.8 Å². The molecule has 1 aromatic carbocycles. The summed E-state index contributed by atoms with van der Waals surface area (Å²) in [5.74, 6) is -0.132. The molecule has 0 radical (unpaired) electrons. The Hall–Kier alpha value is -2.06. The SMILES string of the molecule is C=CCn1c(SCC(=O)Nc2ncc(Cl)c(C)c2Cl)nc2cc(Cl)ccc2c1=O. The van der Waals surface area contributed by atoms with E-state index < -0.39 is 0 Å². The van der Waals surface area contributed by atoms with Gasteiger partial charge in [0.1, 0.15) is 0 Å². The van der Waals surface area contributed by atoms with Crippen LogP contribution in [0.1, 0.15) is 5.56 Å². The van der Waals surface area contributed by atoms with Crippen molar-refractivity contribution in [2.75, 3.05) is 11.1 Å². The normalized spacial score (nSPS) is 10.9. The van der Waals surface area contributed by atoms with E-state index in [2.05, 4.69) is 21.9 Å². The first-order valence-corrected chi connectivity index (χ1v) is 10.5. The first-order valence-electron chi connectivity index (χ1n) is 8.36. The number of hydrogen-bond donors (Lipinski definition) is 1. The zero-order chi connectivity index (χ0) is 21.1. The number of benzene rings is 1.